The molecule has 9 aromatic carbocycles. The van der Waals surface area contributed by atoms with Gasteiger partial charge in [0.15, 0.2) is 0 Å². The zero-order chi connectivity index (χ0) is 39.2. The smallest absolute Gasteiger partial charge is 0.140 e. The number of hydrogen-bond acceptors (Lipinski definition) is 2. The zero-order valence-corrected chi connectivity index (χ0v) is 32.4. The Balaban J connectivity index is 1.07. The number of fused-ring (bicyclic) bond motifs is 5. The Morgan fingerprint density at radius 2 is 0.712 bits per heavy atom. The average molecular weight is 754 g/mol. The van der Waals surface area contributed by atoms with Crippen molar-refractivity contribution < 1.29 is 4.42 Å². The maximum Gasteiger partial charge on any atom is 0.140 e. The second-order valence-corrected chi connectivity index (χ2v) is 15.2. The summed E-state index contributed by atoms with van der Waals surface area (Å²) in [6.45, 7) is 0. The van der Waals surface area contributed by atoms with Crippen LogP contribution >= 0.6 is 0 Å². The highest BCUT2D eigenvalue weighted by Gasteiger charge is 2.50. The predicted molar refractivity (Wildman–Crippen MR) is 245 cm³/mol. The Bertz CT molecular complexity index is 2920. The van der Waals surface area contributed by atoms with Gasteiger partial charge in [0.25, 0.3) is 0 Å². The molecule has 0 spiro atoms. The van der Waals surface area contributed by atoms with Crippen molar-refractivity contribution in [2.45, 2.75) is 5.41 Å². The fraction of sp³-hybridized carbons (Fsp3) is 0.0175. The van der Waals surface area contributed by atoms with Crippen LogP contribution in [0, 0.1) is 0 Å². The number of hydrogen-bond donors (Lipinski definition) is 0. The van der Waals surface area contributed by atoms with E-state index >= 15 is 0 Å². The molecule has 0 saturated heterocycles. The molecule has 0 saturated carbocycles. The number of anilines is 3. The first-order chi connectivity index (χ1) is 29.3. The van der Waals surface area contributed by atoms with E-state index in [1.165, 1.54) is 50.1 Å². The highest BCUT2D eigenvalue weighted by molar-refractivity contribution is 6.00. The molecule has 1 aromatic heterocycles. The van der Waals surface area contributed by atoms with Crippen molar-refractivity contribution in [3.8, 4) is 44.7 Å². The minimum atomic E-state index is -0.609. The predicted octanol–water partition coefficient (Wildman–Crippen LogP) is 15.3. The van der Waals surface area contributed by atoms with E-state index in [1.54, 1.807) is 0 Å². The lowest BCUT2D eigenvalue weighted by molar-refractivity contribution is 0.628. The van der Waals surface area contributed by atoms with Crippen molar-refractivity contribution in [1.29, 1.82) is 0 Å². The molecule has 11 rings (SSSR count). The maximum atomic E-state index is 6.84. The van der Waals surface area contributed by atoms with Crippen molar-refractivity contribution in [3.63, 3.8) is 0 Å². The largest absolute Gasteiger partial charge is 0.456 e. The van der Waals surface area contributed by atoms with Crippen LogP contribution in [-0.4, -0.2) is 0 Å². The SMILES string of the molecule is c1ccc(-c2ccc(N(c3ccc(-c4ccccc4)cc3)c3ccc(-c4cccc5c4C(c4ccccc4)(c4ccccc4)c4c-5oc5ccccc45)cc3)cc2)cc1. The minimum Gasteiger partial charge on any atom is -0.456 e. The van der Waals surface area contributed by atoms with E-state index in [0.717, 1.165) is 44.9 Å². The molecule has 1 aliphatic rings. The third kappa shape index (κ3) is 5.72. The Morgan fingerprint density at radius 1 is 0.305 bits per heavy atom. The summed E-state index contributed by atoms with van der Waals surface area (Å²) in [4.78, 5) is 2.35. The lowest BCUT2D eigenvalue weighted by atomic mass is 9.65. The molecule has 59 heavy (non-hydrogen) atoms. The van der Waals surface area contributed by atoms with Gasteiger partial charge in [0, 0.05) is 33.6 Å². The van der Waals surface area contributed by atoms with Crippen LogP contribution in [0.25, 0.3) is 55.7 Å². The van der Waals surface area contributed by atoms with Crippen LogP contribution in [0.4, 0.5) is 17.1 Å². The van der Waals surface area contributed by atoms with Gasteiger partial charge in [-0.15, -0.1) is 0 Å². The first-order valence-corrected chi connectivity index (χ1v) is 20.3. The third-order valence-electron chi connectivity index (χ3n) is 12.0. The van der Waals surface area contributed by atoms with E-state index in [9.17, 15) is 0 Å². The van der Waals surface area contributed by atoms with Gasteiger partial charge >= 0.3 is 0 Å². The molecule has 0 aliphatic heterocycles. The third-order valence-corrected chi connectivity index (χ3v) is 12.0. The van der Waals surface area contributed by atoms with Gasteiger partial charge in [-0.25, -0.2) is 0 Å². The summed E-state index contributed by atoms with van der Waals surface area (Å²) in [5, 5.41) is 1.14. The normalized spacial score (nSPS) is 12.5. The zero-order valence-electron chi connectivity index (χ0n) is 32.4. The molecule has 1 heterocycles. The van der Waals surface area contributed by atoms with E-state index in [0.29, 0.717) is 0 Å². The number of benzene rings is 9. The topological polar surface area (TPSA) is 16.4 Å². The summed E-state index contributed by atoms with van der Waals surface area (Å²) in [6, 6.07) is 85.1. The van der Waals surface area contributed by atoms with E-state index in [-0.39, 0.29) is 0 Å². The molecule has 10 aromatic rings. The van der Waals surface area contributed by atoms with E-state index < -0.39 is 5.41 Å². The van der Waals surface area contributed by atoms with Gasteiger partial charge in [-0.05, 0) is 92.5 Å². The summed E-state index contributed by atoms with van der Waals surface area (Å²) in [5.74, 6) is 0.941. The summed E-state index contributed by atoms with van der Waals surface area (Å²) >= 11 is 0. The number of nitrogens with zero attached hydrogens (tertiary/aromatic N) is 1. The van der Waals surface area contributed by atoms with Crippen molar-refractivity contribution in [2.24, 2.45) is 0 Å². The number of rotatable bonds is 8. The number of furan rings is 1. The standard InChI is InChI=1S/C57H39NO/c1-5-16-40(17-6-1)42-28-34-47(35-29-42)58(48-36-30-43(31-37-48)41-18-7-2-8-19-41)49-38-32-44(33-39-49)50-25-15-26-52-54(50)57(45-20-9-3-10-21-45,46-22-11-4-12-23-46)55-51-24-13-14-27-53(51)59-56(52)55/h1-39H. The Morgan fingerprint density at radius 3 is 1.22 bits per heavy atom. The summed E-state index contributed by atoms with van der Waals surface area (Å²) < 4.78 is 6.84. The number of para-hydroxylation sites is 1. The molecule has 0 unspecified atom stereocenters. The first-order valence-electron chi connectivity index (χ1n) is 20.3. The van der Waals surface area contributed by atoms with Crippen molar-refractivity contribution in [3.05, 3.63) is 259 Å². The van der Waals surface area contributed by atoms with E-state index in [2.05, 4.69) is 241 Å². The summed E-state index contributed by atoms with van der Waals surface area (Å²) in [7, 11) is 0. The molecule has 2 nitrogen and oxygen atoms in total. The van der Waals surface area contributed by atoms with Gasteiger partial charge < -0.3 is 9.32 Å². The fourth-order valence-corrected chi connectivity index (χ4v) is 9.34. The van der Waals surface area contributed by atoms with Crippen molar-refractivity contribution >= 4 is 28.0 Å². The van der Waals surface area contributed by atoms with Gasteiger partial charge in [-0.1, -0.05) is 194 Å². The van der Waals surface area contributed by atoms with Gasteiger partial charge in [0.2, 0.25) is 0 Å². The lowest BCUT2D eigenvalue weighted by Gasteiger charge is -2.35. The molecule has 0 N–H and O–H groups in total. The van der Waals surface area contributed by atoms with Crippen LogP contribution in [0.2, 0.25) is 0 Å². The van der Waals surface area contributed by atoms with Crippen LogP contribution in [0.5, 0.6) is 0 Å². The highest BCUT2D eigenvalue weighted by atomic mass is 16.3. The van der Waals surface area contributed by atoms with Crippen LogP contribution in [-0.2, 0) is 5.41 Å². The van der Waals surface area contributed by atoms with Gasteiger partial charge in [0.1, 0.15) is 11.3 Å². The average Bonchev–Trinajstić information content (AvgIpc) is 3.85. The molecule has 0 atom stereocenters. The first kappa shape index (κ1) is 34.6. The Labute approximate surface area is 344 Å². The maximum absolute atomic E-state index is 6.84. The molecule has 0 fully saturated rings. The lowest BCUT2D eigenvalue weighted by Crippen LogP contribution is -2.29. The Hall–Kier alpha value is -7.68. The Kier molecular flexibility index (Phi) is 8.41. The molecule has 2 heteroatoms. The molecule has 278 valence electrons. The molecule has 1 aliphatic carbocycles. The van der Waals surface area contributed by atoms with Gasteiger partial charge in [-0.2, -0.15) is 0 Å². The molecular formula is C57H39NO. The molecule has 0 radical (unpaired) electrons. The fourth-order valence-electron chi connectivity index (χ4n) is 9.34. The molecule has 0 amide bonds. The summed E-state index contributed by atoms with van der Waals surface area (Å²) in [5.41, 5.74) is 16.7. The van der Waals surface area contributed by atoms with Crippen molar-refractivity contribution in [2.75, 3.05) is 4.90 Å². The quantitative estimate of drug-likeness (QED) is 0.154. The van der Waals surface area contributed by atoms with Crippen LogP contribution < -0.4 is 4.90 Å². The molecule has 0 bridgehead atoms. The van der Waals surface area contributed by atoms with Gasteiger partial charge in [-0.3, -0.25) is 0 Å². The van der Waals surface area contributed by atoms with Crippen LogP contribution in [0.1, 0.15) is 22.3 Å². The van der Waals surface area contributed by atoms with Crippen molar-refractivity contribution in [1.82, 2.24) is 0 Å². The molecular weight excluding hydrogens is 715 g/mol. The van der Waals surface area contributed by atoms with E-state index in [4.69, 9.17) is 4.42 Å². The second-order valence-electron chi connectivity index (χ2n) is 15.2. The monoisotopic (exact) mass is 753 g/mol. The second kappa shape index (κ2) is 14.4. The van der Waals surface area contributed by atoms with Crippen LogP contribution in [0.3, 0.4) is 0 Å². The highest BCUT2D eigenvalue weighted by Crippen LogP contribution is 2.61. The summed E-state index contributed by atoms with van der Waals surface area (Å²) in [6.07, 6.45) is 0. The van der Waals surface area contributed by atoms with Gasteiger partial charge in [0.05, 0.1) is 5.41 Å². The van der Waals surface area contributed by atoms with Crippen LogP contribution in [0.15, 0.2) is 241 Å². The van der Waals surface area contributed by atoms with E-state index in [1.807, 2.05) is 0 Å². The minimum absolute atomic E-state index is 0.609.